The van der Waals surface area contributed by atoms with Crippen molar-refractivity contribution in [3.05, 3.63) is 28.8 Å². The molecule has 0 spiro atoms. The van der Waals surface area contributed by atoms with Crippen LogP contribution < -0.4 is 14.8 Å². The number of carbonyl (C=O) groups is 1. The van der Waals surface area contributed by atoms with Gasteiger partial charge in [-0.05, 0) is 38.0 Å². The number of rotatable bonds is 8. The molecule has 1 aromatic heterocycles. The second-order valence-corrected chi connectivity index (χ2v) is 6.22. The lowest BCUT2D eigenvalue weighted by Crippen LogP contribution is -2.12. The summed E-state index contributed by atoms with van der Waals surface area (Å²) in [6.45, 7) is 6.68. The highest BCUT2D eigenvalue weighted by molar-refractivity contribution is 7.15. The van der Waals surface area contributed by atoms with Crippen molar-refractivity contribution in [1.82, 2.24) is 10.2 Å². The Labute approximate surface area is 146 Å². The fourth-order valence-electron chi connectivity index (χ4n) is 2.34. The third-order valence-electron chi connectivity index (χ3n) is 3.72. The SMILES string of the molecule is CCOc1ccc(C(=O)Nc2nnc(C(CC)CC)s2)cc1OC. The largest absolute Gasteiger partial charge is 0.493 e. The normalized spacial score (nSPS) is 10.7. The van der Waals surface area contributed by atoms with E-state index in [-0.39, 0.29) is 5.91 Å². The molecule has 0 saturated heterocycles. The second-order valence-electron chi connectivity index (χ2n) is 5.21. The zero-order valence-electron chi connectivity index (χ0n) is 14.5. The topological polar surface area (TPSA) is 73.3 Å². The van der Waals surface area contributed by atoms with Crippen LogP contribution in [-0.4, -0.2) is 29.8 Å². The Morgan fingerprint density at radius 3 is 2.58 bits per heavy atom. The number of ether oxygens (including phenoxy) is 2. The summed E-state index contributed by atoms with van der Waals surface area (Å²) < 4.78 is 10.7. The number of benzene rings is 1. The average Bonchev–Trinajstić information content (AvgIpc) is 3.04. The third kappa shape index (κ3) is 4.23. The van der Waals surface area contributed by atoms with Crippen LogP contribution in [0.2, 0.25) is 0 Å². The molecule has 0 aliphatic heterocycles. The number of anilines is 1. The Hall–Kier alpha value is -2.15. The predicted molar refractivity (Wildman–Crippen MR) is 95.3 cm³/mol. The van der Waals surface area contributed by atoms with Crippen molar-refractivity contribution in [3.8, 4) is 11.5 Å². The maximum Gasteiger partial charge on any atom is 0.257 e. The number of aromatic nitrogens is 2. The second kappa shape index (κ2) is 8.63. The predicted octanol–water partition coefficient (Wildman–Crippen LogP) is 4.10. The van der Waals surface area contributed by atoms with Gasteiger partial charge in [-0.25, -0.2) is 0 Å². The maximum atomic E-state index is 12.4. The van der Waals surface area contributed by atoms with Crippen molar-refractivity contribution in [2.24, 2.45) is 0 Å². The molecular formula is C17H23N3O3S. The molecule has 1 amide bonds. The van der Waals surface area contributed by atoms with E-state index >= 15 is 0 Å². The van der Waals surface area contributed by atoms with Gasteiger partial charge in [0.2, 0.25) is 5.13 Å². The van der Waals surface area contributed by atoms with Gasteiger partial charge in [-0.3, -0.25) is 10.1 Å². The monoisotopic (exact) mass is 349 g/mol. The van der Waals surface area contributed by atoms with Gasteiger partial charge in [0.25, 0.3) is 5.91 Å². The van der Waals surface area contributed by atoms with E-state index in [9.17, 15) is 4.79 Å². The van der Waals surface area contributed by atoms with E-state index in [1.165, 1.54) is 11.3 Å². The molecule has 2 aromatic rings. The number of carbonyl (C=O) groups excluding carboxylic acids is 1. The molecule has 0 aliphatic carbocycles. The van der Waals surface area contributed by atoms with Gasteiger partial charge in [-0.15, -0.1) is 10.2 Å². The van der Waals surface area contributed by atoms with Gasteiger partial charge >= 0.3 is 0 Å². The first-order chi connectivity index (χ1) is 11.6. The van der Waals surface area contributed by atoms with Crippen molar-refractivity contribution < 1.29 is 14.3 Å². The van der Waals surface area contributed by atoms with E-state index in [1.54, 1.807) is 25.3 Å². The van der Waals surface area contributed by atoms with E-state index in [0.717, 1.165) is 17.8 Å². The summed E-state index contributed by atoms with van der Waals surface area (Å²) in [6.07, 6.45) is 2.02. The first-order valence-corrected chi connectivity index (χ1v) is 8.90. The molecule has 0 bridgehead atoms. The fourth-order valence-corrected chi connectivity index (χ4v) is 3.35. The summed E-state index contributed by atoms with van der Waals surface area (Å²) in [6, 6.07) is 5.09. The van der Waals surface area contributed by atoms with Crippen LogP contribution in [0.25, 0.3) is 0 Å². The molecule has 0 fully saturated rings. The summed E-state index contributed by atoms with van der Waals surface area (Å²) in [5.74, 6) is 1.28. The van der Waals surface area contributed by atoms with Crippen molar-refractivity contribution in [2.45, 2.75) is 39.5 Å². The highest BCUT2D eigenvalue weighted by Gasteiger charge is 2.16. The number of amides is 1. The molecule has 1 heterocycles. The molecule has 0 radical (unpaired) electrons. The fraction of sp³-hybridized carbons (Fsp3) is 0.471. The highest BCUT2D eigenvalue weighted by Crippen LogP contribution is 2.30. The van der Waals surface area contributed by atoms with E-state index < -0.39 is 0 Å². The molecule has 0 atom stereocenters. The molecule has 1 aromatic carbocycles. The minimum absolute atomic E-state index is 0.247. The lowest BCUT2D eigenvalue weighted by atomic mass is 10.1. The minimum Gasteiger partial charge on any atom is -0.493 e. The minimum atomic E-state index is -0.247. The van der Waals surface area contributed by atoms with Crippen molar-refractivity contribution in [1.29, 1.82) is 0 Å². The Morgan fingerprint density at radius 2 is 1.96 bits per heavy atom. The molecule has 2 rings (SSSR count). The van der Waals surface area contributed by atoms with Crippen LogP contribution in [-0.2, 0) is 0 Å². The molecule has 0 saturated carbocycles. The first-order valence-electron chi connectivity index (χ1n) is 8.08. The molecular weight excluding hydrogens is 326 g/mol. The van der Waals surface area contributed by atoms with Gasteiger partial charge in [0, 0.05) is 11.5 Å². The Balaban J connectivity index is 2.12. The molecule has 6 nitrogen and oxygen atoms in total. The van der Waals surface area contributed by atoms with Gasteiger partial charge in [0.05, 0.1) is 13.7 Å². The summed E-state index contributed by atoms with van der Waals surface area (Å²) in [5.41, 5.74) is 0.481. The molecule has 0 unspecified atom stereocenters. The maximum absolute atomic E-state index is 12.4. The molecule has 0 aliphatic rings. The lowest BCUT2D eigenvalue weighted by Gasteiger charge is -2.10. The smallest absolute Gasteiger partial charge is 0.257 e. The molecule has 1 N–H and O–H groups in total. The van der Waals surface area contributed by atoms with Gasteiger partial charge < -0.3 is 9.47 Å². The van der Waals surface area contributed by atoms with E-state index in [2.05, 4.69) is 29.4 Å². The van der Waals surface area contributed by atoms with E-state index in [1.807, 2.05) is 6.92 Å². The summed E-state index contributed by atoms with van der Waals surface area (Å²) in [7, 11) is 1.55. The summed E-state index contributed by atoms with van der Waals surface area (Å²) >= 11 is 1.42. The zero-order valence-corrected chi connectivity index (χ0v) is 15.3. The van der Waals surface area contributed by atoms with Crippen molar-refractivity contribution >= 4 is 22.4 Å². The third-order valence-corrected chi connectivity index (χ3v) is 4.72. The molecule has 7 heteroatoms. The van der Waals surface area contributed by atoms with Crippen molar-refractivity contribution in [2.75, 3.05) is 19.0 Å². The molecule has 24 heavy (non-hydrogen) atoms. The summed E-state index contributed by atoms with van der Waals surface area (Å²) in [4.78, 5) is 12.4. The van der Waals surface area contributed by atoms with Gasteiger partial charge in [0.1, 0.15) is 5.01 Å². The van der Waals surface area contributed by atoms with Crippen LogP contribution in [0.15, 0.2) is 18.2 Å². The zero-order chi connectivity index (χ0) is 17.5. The van der Waals surface area contributed by atoms with Crippen LogP contribution >= 0.6 is 11.3 Å². The number of hydrogen-bond acceptors (Lipinski definition) is 6. The Bertz CT molecular complexity index is 683. The number of nitrogens with zero attached hydrogens (tertiary/aromatic N) is 2. The Kier molecular flexibility index (Phi) is 6.54. The van der Waals surface area contributed by atoms with Crippen LogP contribution in [0, 0.1) is 0 Å². The van der Waals surface area contributed by atoms with Crippen LogP contribution in [0.1, 0.15) is 54.9 Å². The van der Waals surface area contributed by atoms with E-state index in [0.29, 0.717) is 34.7 Å². The first kappa shape index (κ1) is 18.2. The number of nitrogens with one attached hydrogen (secondary N) is 1. The van der Waals surface area contributed by atoms with E-state index in [4.69, 9.17) is 9.47 Å². The Morgan fingerprint density at radius 1 is 1.21 bits per heavy atom. The number of hydrogen-bond donors (Lipinski definition) is 1. The standard InChI is InChI=1S/C17H23N3O3S/c1-5-11(6-2)16-19-20-17(24-16)18-15(21)12-8-9-13(23-7-3)14(10-12)22-4/h8-11H,5-7H2,1-4H3,(H,18,20,21). The summed E-state index contributed by atoms with van der Waals surface area (Å²) in [5, 5.41) is 12.5. The molecule has 130 valence electrons. The van der Waals surface area contributed by atoms with Crippen LogP contribution in [0.5, 0.6) is 11.5 Å². The van der Waals surface area contributed by atoms with Crippen LogP contribution in [0.3, 0.4) is 0 Å². The average molecular weight is 349 g/mol. The number of methoxy groups -OCH3 is 1. The lowest BCUT2D eigenvalue weighted by molar-refractivity contribution is 0.102. The van der Waals surface area contributed by atoms with Crippen LogP contribution in [0.4, 0.5) is 5.13 Å². The van der Waals surface area contributed by atoms with Crippen molar-refractivity contribution in [3.63, 3.8) is 0 Å². The quantitative estimate of drug-likeness (QED) is 0.776. The van der Waals surface area contributed by atoms with Gasteiger partial charge in [-0.2, -0.15) is 0 Å². The highest BCUT2D eigenvalue weighted by atomic mass is 32.1. The van der Waals surface area contributed by atoms with Gasteiger partial charge in [-0.1, -0.05) is 25.2 Å². The van der Waals surface area contributed by atoms with Gasteiger partial charge in [0.15, 0.2) is 11.5 Å².